The molecule has 1 aliphatic carbocycles. The summed E-state index contributed by atoms with van der Waals surface area (Å²) in [5, 5.41) is 9.42. The predicted molar refractivity (Wildman–Crippen MR) is 113 cm³/mol. The van der Waals surface area contributed by atoms with Crippen LogP contribution in [0.15, 0.2) is 65.7 Å². The van der Waals surface area contributed by atoms with Gasteiger partial charge in [0.2, 0.25) is 0 Å². The molecule has 4 rings (SSSR count). The standard InChI is InChI=1S/C24H24N2O3/c1-2-7-21-25-24(14-5-6-15-24)23(29)26(21)16-17-10-12-18(13-11-17)19-8-3-4-9-20(19)22(27)28/h2-4,7-13H,5-6,14-16H2,1H3,(H,27,28)/b7-2+. The lowest BCUT2D eigenvalue weighted by molar-refractivity contribution is -0.131. The van der Waals surface area contributed by atoms with Crippen molar-refractivity contribution >= 4 is 17.7 Å². The number of rotatable bonds is 5. The highest BCUT2D eigenvalue weighted by molar-refractivity contribution is 6.12. The summed E-state index contributed by atoms with van der Waals surface area (Å²) in [4.78, 5) is 31.2. The van der Waals surface area contributed by atoms with Crippen LogP contribution in [0.3, 0.4) is 0 Å². The van der Waals surface area contributed by atoms with Gasteiger partial charge in [-0.25, -0.2) is 4.79 Å². The molecule has 1 aliphatic heterocycles. The van der Waals surface area contributed by atoms with Crippen LogP contribution in [0.2, 0.25) is 0 Å². The van der Waals surface area contributed by atoms with Crippen molar-refractivity contribution in [2.24, 2.45) is 4.99 Å². The van der Waals surface area contributed by atoms with Gasteiger partial charge >= 0.3 is 5.97 Å². The smallest absolute Gasteiger partial charge is 0.336 e. The van der Waals surface area contributed by atoms with E-state index in [-0.39, 0.29) is 11.5 Å². The molecule has 1 amide bonds. The number of hydrogen-bond acceptors (Lipinski definition) is 3. The molecule has 1 heterocycles. The SMILES string of the molecule is C/C=C/C1=NC2(CCCC2)C(=O)N1Cc1ccc(-c2ccccc2C(=O)O)cc1. The second kappa shape index (κ2) is 7.66. The number of hydrogen-bond donors (Lipinski definition) is 1. The summed E-state index contributed by atoms with van der Waals surface area (Å²) in [7, 11) is 0. The molecular weight excluding hydrogens is 364 g/mol. The highest BCUT2D eigenvalue weighted by Crippen LogP contribution is 2.39. The largest absolute Gasteiger partial charge is 0.478 e. The number of benzene rings is 2. The number of allylic oxidation sites excluding steroid dienone is 1. The van der Waals surface area contributed by atoms with Crippen LogP contribution in [0.1, 0.15) is 48.5 Å². The lowest BCUT2D eigenvalue weighted by Crippen LogP contribution is -2.40. The molecule has 0 unspecified atom stereocenters. The second-order valence-electron chi connectivity index (χ2n) is 7.65. The molecule has 0 aromatic heterocycles. The topological polar surface area (TPSA) is 70.0 Å². The molecule has 1 saturated carbocycles. The van der Waals surface area contributed by atoms with E-state index in [0.717, 1.165) is 42.6 Å². The molecule has 1 N–H and O–H groups in total. The van der Waals surface area contributed by atoms with Crippen molar-refractivity contribution in [3.05, 3.63) is 71.8 Å². The van der Waals surface area contributed by atoms with Crippen LogP contribution >= 0.6 is 0 Å². The van der Waals surface area contributed by atoms with Gasteiger partial charge in [-0.15, -0.1) is 0 Å². The number of amides is 1. The quantitative estimate of drug-likeness (QED) is 0.808. The molecule has 5 nitrogen and oxygen atoms in total. The number of aliphatic imine (C=N–C) groups is 1. The van der Waals surface area contributed by atoms with Crippen LogP contribution in [0.4, 0.5) is 0 Å². The van der Waals surface area contributed by atoms with Crippen LogP contribution in [0, 0.1) is 0 Å². The number of nitrogens with zero attached hydrogens (tertiary/aromatic N) is 2. The maximum absolute atomic E-state index is 13.1. The van der Waals surface area contributed by atoms with Crippen molar-refractivity contribution in [1.82, 2.24) is 4.90 Å². The van der Waals surface area contributed by atoms with Crippen LogP contribution in [-0.4, -0.2) is 33.3 Å². The minimum absolute atomic E-state index is 0.100. The fourth-order valence-corrected chi connectivity index (χ4v) is 4.29. The minimum atomic E-state index is -0.943. The summed E-state index contributed by atoms with van der Waals surface area (Å²) in [5.41, 5.74) is 2.23. The summed E-state index contributed by atoms with van der Waals surface area (Å²) in [5.74, 6) is -0.107. The Hall–Kier alpha value is -3.21. The third kappa shape index (κ3) is 3.48. The van der Waals surface area contributed by atoms with Crippen LogP contribution in [0.25, 0.3) is 11.1 Å². The van der Waals surface area contributed by atoms with Crippen molar-refractivity contribution < 1.29 is 14.7 Å². The van der Waals surface area contributed by atoms with Crippen LogP contribution in [0.5, 0.6) is 0 Å². The zero-order chi connectivity index (χ0) is 20.4. The first-order chi connectivity index (χ1) is 14.0. The van der Waals surface area contributed by atoms with E-state index >= 15 is 0 Å². The average molecular weight is 388 g/mol. The van der Waals surface area contributed by atoms with Gasteiger partial charge in [0.05, 0.1) is 12.1 Å². The number of carbonyl (C=O) groups excluding carboxylic acids is 1. The van der Waals surface area contributed by atoms with E-state index in [1.54, 1.807) is 17.0 Å². The molecule has 0 radical (unpaired) electrons. The lowest BCUT2D eigenvalue weighted by Gasteiger charge is -2.22. The van der Waals surface area contributed by atoms with Crippen LogP contribution < -0.4 is 0 Å². The second-order valence-corrected chi connectivity index (χ2v) is 7.65. The maximum Gasteiger partial charge on any atom is 0.336 e. The van der Waals surface area contributed by atoms with Gasteiger partial charge in [-0.2, -0.15) is 0 Å². The Balaban J connectivity index is 1.58. The molecule has 0 bridgehead atoms. The van der Waals surface area contributed by atoms with Gasteiger partial charge in [0, 0.05) is 0 Å². The summed E-state index contributed by atoms with van der Waals surface area (Å²) < 4.78 is 0. The van der Waals surface area contributed by atoms with Gasteiger partial charge in [0.25, 0.3) is 5.91 Å². The molecule has 5 heteroatoms. The van der Waals surface area contributed by atoms with E-state index in [2.05, 4.69) is 0 Å². The zero-order valence-corrected chi connectivity index (χ0v) is 16.5. The number of aromatic carboxylic acids is 1. The van der Waals surface area contributed by atoms with Gasteiger partial charge in [-0.05, 0) is 48.6 Å². The summed E-state index contributed by atoms with van der Waals surface area (Å²) in [6, 6.07) is 14.7. The molecule has 1 fully saturated rings. The molecule has 2 aromatic carbocycles. The van der Waals surface area contributed by atoms with Gasteiger partial charge in [-0.3, -0.25) is 14.7 Å². The first kappa shape index (κ1) is 19.1. The Labute approximate surface area is 170 Å². The van der Waals surface area contributed by atoms with Crippen molar-refractivity contribution in [1.29, 1.82) is 0 Å². The average Bonchev–Trinajstić information content (AvgIpc) is 3.30. The van der Waals surface area contributed by atoms with Gasteiger partial charge in [0.15, 0.2) is 0 Å². The van der Waals surface area contributed by atoms with Crippen LogP contribution in [-0.2, 0) is 11.3 Å². The lowest BCUT2D eigenvalue weighted by atomic mass is 9.97. The van der Waals surface area contributed by atoms with Gasteiger partial charge in [-0.1, -0.05) is 61.4 Å². The first-order valence-electron chi connectivity index (χ1n) is 10.0. The van der Waals surface area contributed by atoms with Gasteiger partial charge < -0.3 is 5.11 Å². The van der Waals surface area contributed by atoms with E-state index in [1.165, 1.54) is 0 Å². The maximum atomic E-state index is 13.1. The molecule has 2 aromatic rings. The van der Waals surface area contributed by atoms with E-state index < -0.39 is 11.5 Å². The molecule has 1 spiro atoms. The molecule has 148 valence electrons. The Morgan fingerprint density at radius 1 is 1.14 bits per heavy atom. The molecular formula is C24H24N2O3. The number of carboxylic acid groups (broad SMARTS) is 1. The molecule has 29 heavy (non-hydrogen) atoms. The van der Waals surface area contributed by atoms with Gasteiger partial charge in [0.1, 0.15) is 11.4 Å². The van der Waals surface area contributed by atoms with Crippen molar-refractivity contribution in [3.8, 4) is 11.1 Å². The predicted octanol–water partition coefficient (Wildman–Crippen LogP) is 4.68. The Bertz CT molecular complexity index is 999. The Kier molecular flexibility index (Phi) is 5.05. The van der Waals surface area contributed by atoms with E-state index in [0.29, 0.717) is 12.1 Å². The van der Waals surface area contributed by atoms with Crippen molar-refractivity contribution in [2.45, 2.75) is 44.7 Å². The zero-order valence-electron chi connectivity index (χ0n) is 16.5. The molecule has 2 aliphatic rings. The third-order valence-corrected chi connectivity index (χ3v) is 5.76. The molecule has 0 atom stereocenters. The number of amidine groups is 1. The van der Waals surface area contributed by atoms with E-state index in [1.807, 2.05) is 55.5 Å². The van der Waals surface area contributed by atoms with Crippen molar-refractivity contribution in [3.63, 3.8) is 0 Å². The first-order valence-corrected chi connectivity index (χ1v) is 10.0. The summed E-state index contributed by atoms with van der Waals surface area (Å²) >= 11 is 0. The third-order valence-electron chi connectivity index (χ3n) is 5.76. The molecule has 0 saturated heterocycles. The van der Waals surface area contributed by atoms with E-state index in [9.17, 15) is 14.7 Å². The van der Waals surface area contributed by atoms with E-state index in [4.69, 9.17) is 4.99 Å². The monoisotopic (exact) mass is 388 g/mol. The minimum Gasteiger partial charge on any atom is -0.478 e. The fourth-order valence-electron chi connectivity index (χ4n) is 4.29. The Morgan fingerprint density at radius 2 is 1.83 bits per heavy atom. The number of carboxylic acids is 1. The normalized spacial score (nSPS) is 18.0. The number of carbonyl (C=O) groups is 2. The highest BCUT2D eigenvalue weighted by Gasteiger charge is 2.48. The van der Waals surface area contributed by atoms with Crippen molar-refractivity contribution in [2.75, 3.05) is 0 Å². The Morgan fingerprint density at radius 3 is 2.48 bits per heavy atom. The highest BCUT2D eigenvalue weighted by atomic mass is 16.4. The summed E-state index contributed by atoms with van der Waals surface area (Å²) in [6.45, 7) is 2.39. The fraction of sp³-hybridized carbons (Fsp3) is 0.292. The summed E-state index contributed by atoms with van der Waals surface area (Å²) in [6.07, 6.45) is 7.57.